The second-order valence-electron chi connectivity index (χ2n) is 6.53. The Balaban J connectivity index is 2.41. The number of likely N-dealkylation sites (tertiary alicyclic amines) is 1. The van der Waals surface area contributed by atoms with Gasteiger partial charge in [0.1, 0.15) is 5.60 Å². The number of alkyl carbamates (subject to hydrolysis) is 1. The van der Waals surface area contributed by atoms with Gasteiger partial charge in [0.2, 0.25) is 5.96 Å². The van der Waals surface area contributed by atoms with Crippen LogP contribution >= 0.6 is 0 Å². The molecule has 0 aromatic carbocycles. The van der Waals surface area contributed by atoms with Crippen molar-refractivity contribution in [2.45, 2.75) is 65.0 Å². The van der Waals surface area contributed by atoms with E-state index in [1.165, 1.54) is 0 Å². The molecule has 22 heavy (non-hydrogen) atoms. The molecule has 6 nitrogen and oxygen atoms in total. The Morgan fingerprint density at radius 3 is 2.50 bits per heavy atom. The van der Waals surface area contributed by atoms with Crippen molar-refractivity contribution in [2.75, 3.05) is 20.1 Å². The topological polar surface area (TPSA) is 66.3 Å². The highest BCUT2D eigenvalue weighted by molar-refractivity contribution is 5.87. The molecule has 0 aliphatic carbocycles. The quantitative estimate of drug-likeness (QED) is 0.644. The fourth-order valence-electron chi connectivity index (χ4n) is 2.25. The van der Waals surface area contributed by atoms with Crippen molar-refractivity contribution in [1.82, 2.24) is 10.2 Å². The van der Waals surface area contributed by atoms with E-state index in [9.17, 15) is 4.79 Å². The molecule has 0 saturated carbocycles. The number of hydrogen-bond donors (Lipinski definition) is 1. The predicted octanol–water partition coefficient (Wildman–Crippen LogP) is 2.83. The number of piperidine rings is 1. The summed E-state index contributed by atoms with van der Waals surface area (Å²) in [6, 6.07) is 0.156. The summed E-state index contributed by atoms with van der Waals surface area (Å²) in [6.45, 7) is 9.42. The van der Waals surface area contributed by atoms with E-state index in [4.69, 9.17) is 4.74 Å². The lowest BCUT2D eigenvalue weighted by molar-refractivity contribution is 0.0488. The van der Waals surface area contributed by atoms with Crippen LogP contribution < -0.4 is 5.32 Å². The molecule has 0 radical (unpaired) electrons. The van der Waals surface area contributed by atoms with Gasteiger partial charge in [0.15, 0.2) is 0 Å². The molecule has 1 saturated heterocycles. The zero-order chi connectivity index (χ0) is 16.6. The van der Waals surface area contributed by atoms with Crippen molar-refractivity contribution >= 4 is 18.3 Å². The van der Waals surface area contributed by atoms with Gasteiger partial charge in [0.05, 0.1) is 0 Å². The molecule has 1 rings (SSSR count). The minimum atomic E-state index is -0.458. The molecule has 1 aliphatic rings. The lowest BCUT2D eigenvalue weighted by Gasteiger charge is -2.33. The molecule has 0 bridgehead atoms. The second-order valence-corrected chi connectivity index (χ2v) is 6.53. The standard InChI is InChI=1S/C16H30N4O2/c1-6-7-10-18-14(17-5)20-11-8-13(9-12-20)19-15(21)22-16(2,3)4/h10,13H,6-9,11-12H2,1-5H3,(H,19,21)/b17-14?,18-10-. The number of aliphatic imine (C=N–C) groups is 2. The van der Waals surface area contributed by atoms with E-state index in [1.54, 1.807) is 7.05 Å². The molecule has 1 aliphatic heterocycles. The van der Waals surface area contributed by atoms with E-state index in [1.807, 2.05) is 27.0 Å². The average molecular weight is 310 g/mol. The number of carbonyl (C=O) groups is 1. The van der Waals surface area contributed by atoms with Crippen LogP contribution in [0.1, 0.15) is 53.4 Å². The molecule has 1 N–H and O–H groups in total. The first kappa shape index (κ1) is 18.5. The number of carbonyl (C=O) groups excluding carboxylic acids is 1. The minimum absolute atomic E-state index is 0.156. The zero-order valence-electron chi connectivity index (χ0n) is 14.6. The van der Waals surface area contributed by atoms with Crippen molar-refractivity contribution in [2.24, 2.45) is 9.98 Å². The summed E-state index contributed by atoms with van der Waals surface area (Å²) in [4.78, 5) is 22.6. The molecular formula is C16H30N4O2. The van der Waals surface area contributed by atoms with Gasteiger partial charge in [-0.15, -0.1) is 0 Å². The molecule has 1 amide bonds. The Labute approximate surface area is 134 Å². The number of unbranched alkanes of at least 4 members (excludes halogenated alkanes) is 1. The van der Waals surface area contributed by atoms with Crippen LogP contribution in [0.15, 0.2) is 9.98 Å². The summed E-state index contributed by atoms with van der Waals surface area (Å²) >= 11 is 0. The predicted molar refractivity (Wildman–Crippen MR) is 90.7 cm³/mol. The largest absolute Gasteiger partial charge is 0.444 e. The van der Waals surface area contributed by atoms with E-state index in [2.05, 4.69) is 27.1 Å². The van der Waals surface area contributed by atoms with Crippen LogP contribution in [0.4, 0.5) is 4.79 Å². The van der Waals surface area contributed by atoms with Crippen LogP contribution in [0.3, 0.4) is 0 Å². The monoisotopic (exact) mass is 310 g/mol. The normalized spacial score (nSPS) is 17.9. The molecule has 0 aromatic heterocycles. The fraction of sp³-hybridized carbons (Fsp3) is 0.812. The Morgan fingerprint density at radius 1 is 1.36 bits per heavy atom. The number of ether oxygens (including phenoxy) is 1. The number of nitrogens with one attached hydrogen (secondary N) is 1. The third-order valence-electron chi connectivity index (χ3n) is 3.32. The van der Waals surface area contributed by atoms with Gasteiger partial charge in [-0.1, -0.05) is 13.3 Å². The average Bonchev–Trinajstić information content (AvgIpc) is 2.43. The molecular weight excluding hydrogens is 280 g/mol. The van der Waals surface area contributed by atoms with Crippen LogP contribution in [-0.4, -0.2) is 54.9 Å². The maximum atomic E-state index is 11.8. The molecule has 1 fully saturated rings. The van der Waals surface area contributed by atoms with Crippen molar-refractivity contribution in [3.63, 3.8) is 0 Å². The van der Waals surface area contributed by atoms with E-state index in [0.29, 0.717) is 0 Å². The molecule has 0 spiro atoms. The molecule has 6 heteroatoms. The third-order valence-corrected chi connectivity index (χ3v) is 3.32. The van der Waals surface area contributed by atoms with E-state index >= 15 is 0 Å². The Morgan fingerprint density at radius 2 is 2.00 bits per heavy atom. The van der Waals surface area contributed by atoms with Crippen LogP contribution in [0, 0.1) is 0 Å². The lowest BCUT2D eigenvalue weighted by Crippen LogP contribution is -2.47. The highest BCUT2D eigenvalue weighted by atomic mass is 16.6. The number of nitrogens with zero attached hydrogens (tertiary/aromatic N) is 3. The summed E-state index contributed by atoms with van der Waals surface area (Å²) in [6.07, 6.45) is 5.39. The SMILES string of the molecule is CCC/C=N\C(=NC)N1CCC(NC(=O)OC(C)(C)C)CC1. The molecule has 126 valence electrons. The van der Waals surface area contributed by atoms with Gasteiger partial charge < -0.3 is 15.0 Å². The number of amides is 1. The summed E-state index contributed by atoms with van der Waals surface area (Å²) in [7, 11) is 1.77. The van der Waals surface area contributed by atoms with Gasteiger partial charge >= 0.3 is 6.09 Å². The fourth-order valence-corrected chi connectivity index (χ4v) is 2.25. The minimum Gasteiger partial charge on any atom is -0.444 e. The Kier molecular flexibility index (Phi) is 7.35. The maximum absolute atomic E-state index is 11.8. The first-order chi connectivity index (χ1) is 10.4. The van der Waals surface area contributed by atoms with Crippen LogP contribution in [0.5, 0.6) is 0 Å². The summed E-state index contributed by atoms with van der Waals surface area (Å²) in [5.41, 5.74) is -0.458. The van der Waals surface area contributed by atoms with Gasteiger partial charge in [0, 0.05) is 32.4 Å². The number of rotatable bonds is 3. The Bertz CT molecular complexity index is 405. The summed E-state index contributed by atoms with van der Waals surface area (Å²) in [5, 5.41) is 2.94. The van der Waals surface area contributed by atoms with Gasteiger partial charge in [-0.2, -0.15) is 0 Å². The van der Waals surface area contributed by atoms with Crippen molar-refractivity contribution < 1.29 is 9.53 Å². The smallest absolute Gasteiger partial charge is 0.407 e. The highest BCUT2D eigenvalue weighted by Gasteiger charge is 2.24. The van der Waals surface area contributed by atoms with Crippen LogP contribution in [0.25, 0.3) is 0 Å². The summed E-state index contributed by atoms with van der Waals surface area (Å²) < 4.78 is 5.29. The van der Waals surface area contributed by atoms with Gasteiger partial charge in [-0.05, 0) is 40.0 Å². The molecule has 0 aromatic rings. The number of hydrogen-bond acceptors (Lipinski definition) is 3. The van der Waals surface area contributed by atoms with Gasteiger partial charge in [0.25, 0.3) is 0 Å². The van der Waals surface area contributed by atoms with E-state index in [0.717, 1.165) is 44.7 Å². The van der Waals surface area contributed by atoms with E-state index in [-0.39, 0.29) is 12.1 Å². The Hall–Kier alpha value is -1.59. The highest BCUT2D eigenvalue weighted by Crippen LogP contribution is 2.13. The van der Waals surface area contributed by atoms with Crippen molar-refractivity contribution in [3.8, 4) is 0 Å². The second kappa shape index (κ2) is 8.76. The van der Waals surface area contributed by atoms with Crippen molar-refractivity contribution in [3.05, 3.63) is 0 Å². The zero-order valence-corrected chi connectivity index (χ0v) is 14.6. The lowest BCUT2D eigenvalue weighted by atomic mass is 10.1. The maximum Gasteiger partial charge on any atom is 0.407 e. The van der Waals surface area contributed by atoms with Crippen LogP contribution in [0.2, 0.25) is 0 Å². The van der Waals surface area contributed by atoms with Gasteiger partial charge in [-0.25, -0.2) is 9.79 Å². The molecule has 0 atom stereocenters. The number of guanidine groups is 1. The third kappa shape index (κ3) is 6.91. The van der Waals surface area contributed by atoms with Gasteiger partial charge in [-0.3, -0.25) is 4.99 Å². The first-order valence-electron chi connectivity index (χ1n) is 8.09. The van der Waals surface area contributed by atoms with Crippen LogP contribution in [-0.2, 0) is 4.74 Å². The molecule has 1 heterocycles. The van der Waals surface area contributed by atoms with Crippen molar-refractivity contribution in [1.29, 1.82) is 0 Å². The first-order valence-corrected chi connectivity index (χ1v) is 8.09. The molecule has 0 unspecified atom stereocenters. The summed E-state index contributed by atoms with van der Waals surface area (Å²) in [5.74, 6) is 0.782. The van der Waals surface area contributed by atoms with E-state index < -0.39 is 5.60 Å².